The molecule has 1 atom stereocenters. The number of ether oxygens (including phenoxy) is 1. The minimum Gasteiger partial charge on any atom is -0.508 e. The summed E-state index contributed by atoms with van der Waals surface area (Å²) in [6.07, 6.45) is 2.29. The van der Waals surface area contributed by atoms with Gasteiger partial charge in [0.05, 0.1) is 17.7 Å². The number of rotatable bonds is 6. The lowest BCUT2D eigenvalue weighted by Crippen LogP contribution is -2.29. The number of aryl methyl sites for hydroxylation is 1. The summed E-state index contributed by atoms with van der Waals surface area (Å²) < 4.78 is 5.81. The standard InChI is InChI=1S/C31H32N2O5/c1-19(2)38-26-14-9-22(17-20(26)3)29(35)27-28(21-7-6-8-25(34)18-21)33(31(37)30(27)36)24-12-10-23(11-13-24)32-15-4-5-16-32/h6-14,17-19,28,34-35H,4-5,15-16H2,1-3H3/b29-27-. The number of nitrogens with zero attached hydrogens (tertiary/aromatic N) is 2. The molecular weight excluding hydrogens is 480 g/mol. The van der Waals surface area contributed by atoms with E-state index in [-0.39, 0.29) is 23.2 Å². The second-order valence-electron chi connectivity index (χ2n) is 10.1. The number of aliphatic hydroxyl groups excluding tert-OH is 1. The average molecular weight is 513 g/mol. The van der Waals surface area contributed by atoms with Gasteiger partial charge < -0.3 is 19.8 Å². The number of amides is 1. The number of phenols is 1. The fourth-order valence-corrected chi connectivity index (χ4v) is 5.25. The van der Waals surface area contributed by atoms with Crippen molar-refractivity contribution in [3.63, 3.8) is 0 Å². The van der Waals surface area contributed by atoms with E-state index >= 15 is 0 Å². The van der Waals surface area contributed by atoms with E-state index in [1.807, 2.05) is 45.0 Å². The van der Waals surface area contributed by atoms with Gasteiger partial charge in [0.25, 0.3) is 11.7 Å². The zero-order valence-corrected chi connectivity index (χ0v) is 21.8. The van der Waals surface area contributed by atoms with Gasteiger partial charge in [-0.15, -0.1) is 0 Å². The van der Waals surface area contributed by atoms with Gasteiger partial charge in [-0.05, 0) is 99.3 Å². The van der Waals surface area contributed by atoms with Crippen molar-refractivity contribution in [3.05, 3.63) is 89.0 Å². The van der Waals surface area contributed by atoms with Gasteiger partial charge in [-0.1, -0.05) is 12.1 Å². The van der Waals surface area contributed by atoms with Crippen LogP contribution < -0.4 is 14.5 Å². The van der Waals surface area contributed by atoms with Gasteiger partial charge in [0.2, 0.25) is 0 Å². The van der Waals surface area contributed by atoms with Gasteiger partial charge in [-0.2, -0.15) is 0 Å². The fourth-order valence-electron chi connectivity index (χ4n) is 5.25. The number of ketones is 1. The van der Waals surface area contributed by atoms with Crippen molar-refractivity contribution in [2.24, 2.45) is 0 Å². The second-order valence-corrected chi connectivity index (χ2v) is 10.1. The molecule has 2 fully saturated rings. The normalized spacial score (nSPS) is 19.0. The Bertz CT molecular complexity index is 1400. The molecule has 2 heterocycles. The summed E-state index contributed by atoms with van der Waals surface area (Å²) in [6.45, 7) is 7.71. The number of aromatic hydroxyl groups is 1. The molecule has 3 aromatic rings. The summed E-state index contributed by atoms with van der Waals surface area (Å²) in [7, 11) is 0. The molecule has 0 bridgehead atoms. The number of carbonyl (C=O) groups is 2. The van der Waals surface area contributed by atoms with Gasteiger partial charge >= 0.3 is 0 Å². The summed E-state index contributed by atoms with van der Waals surface area (Å²) in [6, 6.07) is 18.3. The van der Waals surface area contributed by atoms with Gasteiger partial charge in [-0.25, -0.2) is 0 Å². The highest BCUT2D eigenvalue weighted by atomic mass is 16.5. The van der Waals surface area contributed by atoms with Crippen LogP contribution in [0.2, 0.25) is 0 Å². The van der Waals surface area contributed by atoms with E-state index in [1.165, 1.54) is 17.0 Å². The van der Waals surface area contributed by atoms with Crippen molar-refractivity contribution >= 4 is 28.8 Å². The maximum absolute atomic E-state index is 13.4. The molecule has 0 radical (unpaired) electrons. The molecule has 2 saturated heterocycles. The lowest BCUT2D eigenvalue weighted by Gasteiger charge is -2.26. The second kappa shape index (κ2) is 10.2. The third kappa shape index (κ3) is 4.72. The Balaban J connectivity index is 1.61. The summed E-state index contributed by atoms with van der Waals surface area (Å²) in [5, 5.41) is 21.6. The summed E-state index contributed by atoms with van der Waals surface area (Å²) in [5.74, 6) is -1.10. The molecule has 0 saturated carbocycles. The number of hydrogen-bond acceptors (Lipinski definition) is 6. The van der Waals surface area contributed by atoms with E-state index in [0.29, 0.717) is 22.6 Å². The van der Waals surface area contributed by atoms with Crippen LogP contribution in [-0.4, -0.2) is 41.1 Å². The van der Waals surface area contributed by atoms with E-state index in [2.05, 4.69) is 4.90 Å². The van der Waals surface area contributed by atoms with Crippen molar-refractivity contribution in [1.82, 2.24) is 0 Å². The molecule has 2 N–H and O–H groups in total. The molecule has 3 aromatic carbocycles. The highest BCUT2D eigenvalue weighted by Gasteiger charge is 2.47. The maximum Gasteiger partial charge on any atom is 0.300 e. The molecule has 5 rings (SSSR count). The molecular formula is C31H32N2O5. The third-order valence-corrected chi connectivity index (χ3v) is 7.04. The largest absolute Gasteiger partial charge is 0.508 e. The number of phenolic OH excluding ortho intramolecular Hbond substituents is 1. The van der Waals surface area contributed by atoms with E-state index in [4.69, 9.17) is 4.74 Å². The highest BCUT2D eigenvalue weighted by Crippen LogP contribution is 2.43. The van der Waals surface area contributed by atoms with Crippen LogP contribution in [0.4, 0.5) is 11.4 Å². The van der Waals surface area contributed by atoms with Crippen molar-refractivity contribution < 1.29 is 24.5 Å². The highest BCUT2D eigenvalue weighted by molar-refractivity contribution is 6.51. The van der Waals surface area contributed by atoms with Gasteiger partial charge in [0, 0.05) is 30.0 Å². The van der Waals surface area contributed by atoms with Crippen molar-refractivity contribution in [3.8, 4) is 11.5 Å². The molecule has 2 aliphatic heterocycles. The van der Waals surface area contributed by atoms with Crippen LogP contribution in [0.1, 0.15) is 49.4 Å². The topological polar surface area (TPSA) is 90.3 Å². The van der Waals surface area contributed by atoms with Gasteiger partial charge in [-0.3, -0.25) is 14.5 Å². The predicted octanol–water partition coefficient (Wildman–Crippen LogP) is 5.71. The lowest BCUT2D eigenvalue weighted by molar-refractivity contribution is -0.132. The Morgan fingerprint density at radius 2 is 1.63 bits per heavy atom. The maximum atomic E-state index is 13.4. The smallest absolute Gasteiger partial charge is 0.300 e. The molecule has 1 unspecified atom stereocenters. The fraction of sp³-hybridized carbons (Fsp3) is 0.290. The molecule has 2 aliphatic rings. The number of aliphatic hydroxyl groups is 1. The SMILES string of the molecule is Cc1cc(/C(O)=C2/C(=O)C(=O)N(c3ccc(N4CCCC4)cc3)C2c2cccc(O)c2)ccc1OC(C)C. The number of Topliss-reactive ketones (excluding diaryl/α,β-unsaturated/α-hetero) is 1. The van der Waals surface area contributed by atoms with Crippen LogP contribution in [0.5, 0.6) is 11.5 Å². The zero-order chi connectivity index (χ0) is 27.0. The van der Waals surface area contributed by atoms with E-state index in [0.717, 1.165) is 37.2 Å². The van der Waals surface area contributed by atoms with E-state index in [9.17, 15) is 19.8 Å². The van der Waals surface area contributed by atoms with Crippen LogP contribution >= 0.6 is 0 Å². The molecule has 0 aromatic heterocycles. The molecule has 0 spiro atoms. The molecule has 7 nitrogen and oxygen atoms in total. The van der Waals surface area contributed by atoms with Crippen LogP contribution in [-0.2, 0) is 9.59 Å². The Labute approximate surface area is 222 Å². The molecule has 7 heteroatoms. The first kappa shape index (κ1) is 25.4. The van der Waals surface area contributed by atoms with Gasteiger partial charge in [0.1, 0.15) is 17.3 Å². The number of benzene rings is 3. The van der Waals surface area contributed by atoms with Crippen molar-refractivity contribution in [2.75, 3.05) is 22.9 Å². The minimum absolute atomic E-state index is 0.00324. The van der Waals surface area contributed by atoms with Crippen molar-refractivity contribution in [2.45, 2.75) is 45.8 Å². The van der Waals surface area contributed by atoms with Crippen molar-refractivity contribution in [1.29, 1.82) is 0 Å². The summed E-state index contributed by atoms with van der Waals surface area (Å²) in [5.41, 5.74) is 3.30. The Morgan fingerprint density at radius 3 is 2.26 bits per heavy atom. The van der Waals surface area contributed by atoms with Crippen LogP contribution in [0.15, 0.2) is 72.3 Å². The minimum atomic E-state index is -0.911. The first-order chi connectivity index (χ1) is 18.2. The quantitative estimate of drug-likeness (QED) is 0.250. The Kier molecular flexibility index (Phi) is 6.85. The monoisotopic (exact) mass is 512 g/mol. The van der Waals surface area contributed by atoms with Crippen LogP contribution in [0.3, 0.4) is 0 Å². The molecule has 1 amide bonds. The molecule has 0 aliphatic carbocycles. The number of hydrogen-bond donors (Lipinski definition) is 2. The number of anilines is 2. The first-order valence-corrected chi connectivity index (χ1v) is 13.0. The van der Waals surface area contributed by atoms with E-state index in [1.54, 1.807) is 30.3 Å². The average Bonchev–Trinajstić information content (AvgIpc) is 3.52. The summed E-state index contributed by atoms with van der Waals surface area (Å²) in [4.78, 5) is 30.6. The number of carbonyl (C=O) groups excluding carboxylic acids is 2. The van der Waals surface area contributed by atoms with Gasteiger partial charge in [0.15, 0.2) is 0 Å². The zero-order valence-electron chi connectivity index (χ0n) is 21.8. The third-order valence-electron chi connectivity index (χ3n) is 7.04. The lowest BCUT2D eigenvalue weighted by atomic mass is 9.94. The molecule has 38 heavy (non-hydrogen) atoms. The van der Waals surface area contributed by atoms with Crippen LogP contribution in [0.25, 0.3) is 5.76 Å². The Morgan fingerprint density at radius 1 is 0.947 bits per heavy atom. The summed E-state index contributed by atoms with van der Waals surface area (Å²) >= 11 is 0. The Hall–Kier alpha value is -4.26. The molecule has 196 valence electrons. The van der Waals surface area contributed by atoms with E-state index < -0.39 is 17.7 Å². The first-order valence-electron chi connectivity index (χ1n) is 13.0. The predicted molar refractivity (Wildman–Crippen MR) is 148 cm³/mol. The van der Waals surface area contributed by atoms with Crippen LogP contribution in [0, 0.1) is 6.92 Å².